The predicted octanol–water partition coefficient (Wildman–Crippen LogP) is 3.43. The van der Waals surface area contributed by atoms with Crippen molar-refractivity contribution in [1.82, 2.24) is 0 Å². The summed E-state index contributed by atoms with van der Waals surface area (Å²) in [5.74, 6) is -0.0860. The van der Waals surface area contributed by atoms with Crippen LogP contribution < -0.4 is 0 Å². The monoisotopic (exact) mass is 252 g/mol. The standard InChI is InChI=1S/C15H24O3/c1-3-12-11-13(15(17)18-4-2)9-7-5-6-8-10-14(12)16/h3,13H,4-11H2,1-2H3/b12-3-. The van der Waals surface area contributed by atoms with Crippen molar-refractivity contribution >= 4 is 11.8 Å². The molecule has 0 aromatic carbocycles. The summed E-state index contributed by atoms with van der Waals surface area (Å²) in [5, 5.41) is 0. The summed E-state index contributed by atoms with van der Waals surface area (Å²) in [6.45, 7) is 4.11. The molecule has 0 N–H and O–H groups in total. The van der Waals surface area contributed by atoms with Crippen LogP contribution in [0.3, 0.4) is 0 Å². The summed E-state index contributed by atoms with van der Waals surface area (Å²) in [5.41, 5.74) is 0.801. The van der Waals surface area contributed by atoms with E-state index in [4.69, 9.17) is 4.74 Å². The molecule has 0 amide bonds. The third-order valence-electron chi connectivity index (χ3n) is 3.50. The van der Waals surface area contributed by atoms with E-state index in [1.54, 1.807) is 0 Å². The summed E-state index contributed by atoms with van der Waals surface area (Å²) < 4.78 is 5.10. The van der Waals surface area contributed by atoms with E-state index >= 15 is 0 Å². The first-order valence-electron chi connectivity index (χ1n) is 7.04. The fraction of sp³-hybridized carbons (Fsp3) is 0.733. The number of carbonyl (C=O) groups is 2. The molecule has 102 valence electrons. The molecule has 0 bridgehead atoms. The molecule has 0 aromatic rings. The van der Waals surface area contributed by atoms with Crippen molar-refractivity contribution in [2.45, 2.75) is 58.8 Å². The second-order valence-corrected chi connectivity index (χ2v) is 4.84. The van der Waals surface area contributed by atoms with Crippen LogP contribution in [-0.4, -0.2) is 18.4 Å². The zero-order valence-corrected chi connectivity index (χ0v) is 11.5. The first-order chi connectivity index (χ1) is 8.69. The average molecular weight is 252 g/mol. The second-order valence-electron chi connectivity index (χ2n) is 4.84. The topological polar surface area (TPSA) is 43.4 Å². The largest absolute Gasteiger partial charge is 0.466 e. The first kappa shape index (κ1) is 14.9. The highest BCUT2D eigenvalue weighted by atomic mass is 16.5. The van der Waals surface area contributed by atoms with Crippen molar-refractivity contribution < 1.29 is 14.3 Å². The van der Waals surface area contributed by atoms with Crippen molar-refractivity contribution in [3.05, 3.63) is 11.6 Å². The van der Waals surface area contributed by atoms with Crippen LogP contribution in [0.4, 0.5) is 0 Å². The van der Waals surface area contributed by atoms with Gasteiger partial charge in [-0.1, -0.05) is 25.3 Å². The fourth-order valence-electron chi connectivity index (χ4n) is 2.41. The number of hydrogen-bond acceptors (Lipinski definition) is 3. The predicted molar refractivity (Wildman–Crippen MR) is 71.2 cm³/mol. The fourth-order valence-corrected chi connectivity index (χ4v) is 2.41. The lowest BCUT2D eigenvalue weighted by Crippen LogP contribution is -2.21. The molecule has 1 aliphatic rings. The van der Waals surface area contributed by atoms with Crippen molar-refractivity contribution in [1.29, 1.82) is 0 Å². The third-order valence-corrected chi connectivity index (χ3v) is 3.50. The zero-order valence-electron chi connectivity index (χ0n) is 11.5. The van der Waals surface area contributed by atoms with Gasteiger partial charge in [-0.15, -0.1) is 0 Å². The zero-order chi connectivity index (χ0) is 13.4. The van der Waals surface area contributed by atoms with E-state index in [1.165, 1.54) is 0 Å². The van der Waals surface area contributed by atoms with Crippen LogP contribution in [-0.2, 0) is 14.3 Å². The Kier molecular flexibility index (Phi) is 6.69. The maximum atomic E-state index is 12.0. The molecular formula is C15H24O3. The molecule has 1 atom stereocenters. The number of hydrogen-bond donors (Lipinski definition) is 0. The minimum Gasteiger partial charge on any atom is -0.466 e. The second kappa shape index (κ2) is 8.06. The highest BCUT2D eigenvalue weighted by molar-refractivity contribution is 5.95. The molecule has 1 saturated carbocycles. The van der Waals surface area contributed by atoms with E-state index < -0.39 is 0 Å². The number of allylic oxidation sites excluding steroid dienone is 2. The minimum atomic E-state index is -0.148. The van der Waals surface area contributed by atoms with Gasteiger partial charge in [0.25, 0.3) is 0 Å². The number of ketones is 1. The highest BCUT2D eigenvalue weighted by Gasteiger charge is 2.23. The lowest BCUT2D eigenvalue weighted by molar-refractivity contribution is -0.148. The molecule has 18 heavy (non-hydrogen) atoms. The quantitative estimate of drug-likeness (QED) is 0.558. The van der Waals surface area contributed by atoms with Crippen molar-refractivity contribution in [2.75, 3.05) is 6.61 Å². The maximum Gasteiger partial charge on any atom is 0.309 e. The maximum absolute atomic E-state index is 12.0. The number of Topliss-reactive ketones (excluding diaryl/α,β-unsaturated/α-hetero) is 1. The molecule has 1 unspecified atom stereocenters. The molecule has 0 heterocycles. The summed E-state index contributed by atoms with van der Waals surface area (Å²) in [6, 6.07) is 0. The van der Waals surface area contributed by atoms with E-state index in [2.05, 4.69) is 0 Å². The van der Waals surface area contributed by atoms with Crippen molar-refractivity contribution in [3.63, 3.8) is 0 Å². The van der Waals surface area contributed by atoms with Gasteiger partial charge in [0, 0.05) is 6.42 Å². The van der Waals surface area contributed by atoms with Crippen LogP contribution in [0.25, 0.3) is 0 Å². The van der Waals surface area contributed by atoms with Crippen LogP contribution in [0.5, 0.6) is 0 Å². The summed E-state index contributed by atoms with van der Waals surface area (Å²) >= 11 is 0. The Bertz CT molecular complexity index is 318. The van der Waals surface area contributed by atoms with Crippen LogP contribution in [0.2, 0.25) is 0 Å². The lowest BCUT2D eigenvalue weighted by Gasteiger charge is -2.18. The Morgan fingerprint density at radius 2 is 2.06 bits per heavy atom. The van der Waals surface area contributed by atoms with Crippen molar-refractivity contribution in [3.8, 4) is 0 Å². The molecule has 0 saturated heterocycles. The van der Waals surface area contributed by atoms with Gasteiger partial charge in [-0.2, -0.15) is 0 Å². The molecular weight excluding hydrogens is 228 g/mol. The molecule has 3 nitrogen and oxygen atoms in total. The van der Waals surface area contributed by atoms with Crippen molar-refractivity contribution in [2.24, 2.45) is 5.92 Å². The van der Waals surface area contributed by atoms with Gasteiger partial charge in [0.1, 0.15) is 0 Å². The Hall–Kier alpha value is -1.12. The number of esters is 1. The summed E-state index contributed by atoms with van der Waals surface area (Å²) in [7, 11) is 0. The molecule has 0 aromatic heterocycles. The van der Waals surface area contributed by atoms with Crippen LogP contribution in [0, 0.1) is 5.92 Å². The molecule has 1 fully saturated rings. The summed E-state index contributed by atoms with van der Waals surface area (Å²) in [4.78, 5) is 23.8. The van der Waals surface area contributed by atoms with Crippen LogP contribution in [0.1, 0.15) is 58.8 Å². The molecule has 1 aliphatic carbocycles. The van der Waals surface area contributed by atoms with Crippen LogP contribution in [0.15, 0.2) is 11.6 Å². The molecule has 1 rings (SSSR count). The van der Waals surface area contributed by atoms with Gasteiger partial charge in [0.15, 0.2) is 5.78 Å². The van der Waals surface area contributed by atoms with E-state index in [-0.39, 0.29) is 17.7 Å². The molecule has 0 aliphatic heterocycles. The Morgan fingerprint density at radius 3 is 2.72 bits per heavy atom. The van der Waals surface area contributed by atoms with E-state index in [0.717, 1.165) is 37.7 Å². The van der Waals surface area contributed by atoms with Gasteiger partial charge in [-0.25, -0.2) is 0 Å². The Morgan fingerprint density at radius 1 is 1.33 bits per heavy atom. The highest BCUT2D eigenvalue weighted by Crippen LogP contribution is 2.24. The molecule has 0 radical (unpaired) electrons. The Balaban J connectivity index is 2.73. The average Bonchev–Trinajstić information content (AvgIpc) is 2.37. The third kappa shape index (κ3) is 4.63. The van der Waals surface area contributed by atoms with E-state index in [1.807, 2.05) is 19.9 Å². The lowest BCUT2D eigenvalue weighted by atomic mass is 9.88. The van der Waals surface area contributed by atoms with Gasteiger partial charge in [0.2, 0.25) is 0 Å². The van der Waals surface area contributed by atoms with Gasteiger partial charge in [-0.05, 0) is 38.7 Å². The van der Waals surface area contributed by atoms with Gasteiger partial charge < -0.3 is 4.74 Å². The molecule has 3 heteroatoms. The van der Waals surface area contributed by atoms with E-state index in [0.29, 0.717) is 19.4 Å². The van der Waals surface area contributed by atoms with Crippen LogP contribution >= 0.6 is 0 Å². The smallest absolute Gasteiger partial charge is 0.309 e. The number of carbonyl (C=O) groups excluding carboxylic acids is 2. The van der Waals surface area contributed by atoms with Gasteiger partial charge in [0.05, 0.1) is 12.5 Å². The summed E-state index contributed by atoms with van der Waals surface area (Å²) in [6.07, 6.45) is 8.07. The SMILES string of the molecule is C/C=C1/CC(C(=O)OCC)CCCCCCC1=O. The van der Waals surface area contributed by atoms with Gasteiger partial charge >= 0.3 is 5.97 Å². The number of ether oxygens (including phenoxy) is 1. The van der Waals surface area contributed by atoms with E-state index in [9.17, 15) is 9.59 Å². The first-order valence-corrected chi connectivity index (χ1v) is 7.04. The molecule has 0 spiro atoms. The Labute approximate surface area is 110 Å². The number of rotatable bonds is 2. The van der Waals surface area contributed by atoms with Gasteiger partial charge in [-0.3, -0.25) is 9.59 Å². The minimum absolute atomic E-state index is 0.141. The normalized spacial score (nSPS) is 24.9.